The van der Waals surface area contributed by atoms with Crippen LogP contribution < -0.4 is 14.4 Å². The predicted molar refractivity (Wildman–Crippen MR) is 122 cm³/mol. The number of para-hydroxylation sites is 2. The van der Waals surface area contributed by atoms with Gasteiger partial charge in [0, 0.05) is 0 Å². The molecule has 0 saturated carbocycles. The third kappa shape index (κ3) is 5.24. The first-order valence-electron chi connectivity index (χ1n) is 10.0. The van der Waals surface area contributed by atoms with Crippen LogP contribution in [0.25, 0.3) is 0 Å². The minimum atomic E-state index is -4.00. The number of methoxy groups -OCH3 is 1. The van der Waals surface area contributed by atoms with Crippen LogP contribution in [-0.2, 0) is 14.8 Å². The van der Waals surface area contributed by atoms with Crippen molar-refractivity contribution in [1.29, 1.82) is 0 Å². The number of carbonyl (C=O) groups excluding carboxylic acids is 1. The van der Waals surface area contributed by atoms with E-state index in [1.807, 2.05) is 37.3 Å². The van der Waals surface area contributed by atoms with Gasteiger partial charge in [-0.2, -0.15) is 0 Å². The minimum absolute atomic E-state index is 0.101. The van der Waals surface area contributed by atoms with Gasteiger partial charge in [-0.05, 0) is 36.2 Å². The fourth-order valence-corrected chi connectivity index (χ4v) is 4.78. The van der Waals surface area contributed by atoms with E-state index >= 15 is 0 Å². The van der Waals surface area contributed by atoms with Crippen LogP contribution in [0, 0.1) is 0 Å². The molecular formula is C24H26N2O4S. The highest BCUT2D eigenvalue weighted by Crippen LogP contribution is 2.32. The SMILES string of the molecule is CC[C@H](NC(=O)CN(c1ccccc1OC)S(=O)(=O)c1ccccc1)c1ccccc1. The topological polar surface area (TPSA) is 75.7 Å². The molecule has 0 aliphatic carbocycles. The van der Waals surface area contributed by atoms with Gasteiger partial charge < -0.3 is 10.1 Å². The maximum Gasteiger partial charge on any atom is 0.264 e. The number of sulfonamides is 1. The van der Waals surface area contributed by atoms with Crippen LogP contribution in [0.3, 0.4) is 0 Å². The molecule has 0 saturated heterocycles. The van der Waals surface area contributed by atoms with Crippen LogP contribution in [0.4, 0.5) is 5.69 Å². The van der Waals surface area contributed by atoms with Gasteiger partial charge in [0.1, 0.15) is 12.3 Å². The highest BCUT2D eigenvalue weighted by atomic mass is 32.2. The molecule has 6 nitrogen and oxygen atoms in total. The Morgan fingerprint density at radius 3 is 2.13 bits per heavy atom. The molecule has 7 heteroatoms. The van der Waals surface area contributed by atoms with Gasteiger partial charge in [-0.15, -0.1) is 0 Å². The first-order valence-corrected chi connectivity index (χ1v) is 11.5. The van der Waals surface area contributed by atoms with E-state index in [-0.39, 0.29) is 17.5 Å². The third-order valence-corrected chi connectivity index (χ3v) is 6.69. The van der Waals surface area contributed by atoms with E-state index in [4.69, 9.17) is 4.74 Å². The average molecular weight is 439 g/mol. The molecule has 0 unspecified atom stereocenters. The van der Waals surface area contributed by atoms with E-state index in [1.54, 1.807) is 42.5 Å². The Hall–Kier alpha value is -3.32. The standard InChI is InChI=1S/C24H26N2O4S/c1-3-21(19-12-6-4-7-13-19)25-24(27)18-26(22-16-10-11-17-23(22)30-2)31(28,29)20-14-8-5-9-15-20/h4-17,21H,3,18H2,1-2H3,(H,25,27)/t21-/m0/s1. The van der Waals surface area contributed by atoms with Crippen LogP contribution in [0.2, 0.25) is 0 Å². The van der Waals surface area contributed by atoms with Crippen molar-refractivity contribution in [3.05, 3.63) is 90.5 Å². The largest absolute Gasteiger partial charge is 0.495 e. The Kier molecular flexibility index (Phi) is 7.31. The van der Waals surface area contributed by atoms with E-state index in [9.17, 15) is 13.2 Å². The molecule has 0 aliphatic heterocycles. The molecule has 0 heterocycles. The monoisotopic (exact) mass is 438 g/mol. The van der Waals surface area contributed by atoms with E-state index in [0.29, 0.717) is 17.9 Å². The molecule has 0 radical (unpaired) electrons. The smallest absolute Gasteiger partial charge is 0.264 e. The number of rotatable bonds is 9. The van der Waals surface area contributed by atoms with E-state index < -0.39 is 15.9 Å². The number of ether oxygens (including phenoxy) is 1. The Bertz CT molecular complexity index is 1100. The number of benzene rings is 3. The quantitative estimate of drug-likeness (QED) is 0.544. The van der Waals surface area contributed by atoms with Crippen LogP contribution in [0.5, 0.6) is 5.75 Å². The molecule has 0 aromatic heterocycles. The van der Waals surface area contributed by atoms with Gasteiger partial charge in [0.15, 0.2) is 0 Å². The summed E-state index contributed by atoms with van der Waals surface area (Å²) in [5.41, 5.74) is 1.27. The number of hydrogen-bond donors (Lipinski definition) is 1. The van der Waals surface area contributed by atoms with Crippen LogP contribution in [-0.4, -0.2) is 28.0 Å². The first-order chi connectivity index (χ1) is 15.0. The van der Waals surface area contributed by atoms with Crippen molar-refractivity contribution in [3.8, 4) is 5.75 Å². The summed E-state index contributed by atoms with van der Waals surface area (Å²) in [7, 11) is -2.53. The van der Waals surface area contributed by atoms with Crippen LogP contribution in [0.1, 0.15) is 24.9 Å². The van der Waals surface area contributed by atoms with Crippen molar-refractivity contribution in [2.45, 2.75) is 24.3 Å². The maximum atomic E-state index is 13.5. The van der Waals surface area contributed by atoms with Gasteiger partial charge in [-0.1, -0.05) is 67.6 Å². The minimum Gasteiger partial charge on any atom is -0.495 e. The van der Waals surface area contributed by atoms with E-state index in [1.165, 1.54) is 19.2 Å². The second kappa shape index (κ2) is 10.1. The fourth-order valence-electron chi connectivity index (χ4n) is 3.33. The summed E-state index contributed by atoms with van der Waals surface area (Å²) < 4.78 is 33.4. The molecular weight excluding hydrogens is 412 g/mol. The fraction of sp³-hybridized carbons (Fsp3) is 0.208. The number of anilines is 1. The number of hydrogen-bond acceptors (Lipinski definition) is 4. The van der Waals surface area contributed by atoms with Gasteiger partial charge in [0.05, 0.1) is 23.7 Å². The zero-order valence-corrected chi connectivity index (χ0v) is 18.4. The molecule has 0 aliphatic rings. The summed E-state index contributed by atoms with van der Waals surface area (Å²) in [6, 6.07) is 24.2. The number of nitrogens with one attached hydrogen (secondary N) is 1. The lowest BCUT2D eigenvalue weighted by atomic mass is 10.0. The third-order valence-electron chi connectivity index (χ3n) is 4.92. The molecule has 3 aromatic carbocycles. The van der Waals surface area contributed by atoms with Crippen molar-refractivity contribution in [1.82, 2.24) is 5.32 Å². The summed E-state index contributed by atoms with van der Waals surface area (Å²) in [6.07, 6.45) is 0.676. The lowest BCUT2D eigenvalue weighted by Gasteiger charge is -2.26. The van der Waals surface area contributed by atoms with Crippen molar-refractivity contribution in [3.63, 3.8) is 0 Å². The Morgan fingerprint density at radius 1 is 0.935 bits per heavy atom. The summed E-state index contributed by atoms with van der Waals surface area (Å²) in [5.74, 6) is -0.0361. The maximum absolute atomic E-state index is 13.5. The highest BCUT2D eigenvalue weighted by molar-refractivity contribution is 7.92. The van der Waals surface area contributed by atoms with Crippen LogP contribution >= 0.6 is 0 Å². The van der Waals surface area contributed by atoms with Crippen molar-refractivity contribution >= 4 is 21.6 Å². The lowest BCUT2D eigenvalue weighted by molar-refractivity contribution is -0.120. The van der Waals surface area contributed by atoms with Gasteiger partial charge in [0.25, 0.3) is 10.0 Å². The Balaban J connectivity index is 1.94. The van der Waals surface area contributed by atoms with Gasteiger partial charge in [-0.3, -0.25) is 9.10 Å². The van der Waals surface area contributed by atoms with Gasteiger partial charge in [-0.25, -0.2) is 8.42 Å². The molecule has 0 bridgehead atoms. The van der Waals surface area contributed by atoms with Crippen molar-refractivity contribution in [2.75, 3.05) is 18.0 Å². The molecule has 0 spiro atoms. The van der Waals surface area contributed by atoms with Crippen LogP contribution in [0.15, 0.2) is 89.8 Å². The summed E-state index contributed by atoms with van der Waals surface area (Å²) in [6.45, 7) is 1.59. The number of nitrogens with zero attached hydrogens (tertiary/aromatic N) is 1. The first kappa shape index (κ1) is 22.4. The molecule has 31 heavy (non-hydrogen) atoms. The van der Waals surface area contributed by atoms with Gasteiger partial charge in [0.2, 0.25) is 5.91 Å². The lowest BCUT2D eigenvalue weighted by Crippen LogP contribution is -2.42. The normalized spacial score (nSPS) is 12.1. The Labute approximate surface area is 183 Å². The zero-order valence-electron chi connectivity index (χ0n) is 17.6. The van der Waals surface area contributed by atoms with E-state index in [0.717, 1.165) is 9.87 Å². The number of carbonyl (C=O) groups is 1. The second-order valence-corrected chi connectivity index (χ2v) is 8.80. The average Bonchev–Trinajstić information content (AvgIpc) is 2.82. The van der Waals surface area contributed by atoms with Crippen molar-refractivity contribution in [2.24, 2.45) is 0 Å². The predicted octanol–water partition coefficient (Wildman–Crippen LogP) is 4.16. The molecule has 3 rings (SSSR count). The molecule has 1 amide bonds. The molecule has 0 fully saturated rings. The second-order valence-electron chi connectivity index (χ2n) is 6.94. The highest BCUT2D eigenvalue weighted by Gasteiger charge is 2.29. The van der Waals surface area contributed by atoms with E-state index in [2.05, 4.69) is 5.32 Å². The summed E-state index contributed by atoms with van der Waals surface area (Å²) in [4.78, 5) is 13.1. The van der Waals surface area contributed by atoms with Crippen molar-refractivity contribution < 1.29 is 17.9 Å². The van der Waals surface area contributed by atoms with Gasteiger partial charge >= 0.3 is 0 Å². The number of amides is 1. The summed E-state index contributed by atoms with van der Waals surface area (Å²) in [5, 5.41) is 2.96. The zero-order chi connectivity index (χ0) is 22.3. The molecule has 3 aromatic rings. The summed E-state index contributed by atoms with van der Waals surface area (Å²) >= 11 is 0. The molecule has 1 atom stereocenters. The molecule has 162 valence electrons. The molecule has 1 N–H and O–H groups in total. The Morgan fingerprint density at radius 2 is 1.52 bits per heavy atom.